The van der Waals surface area contributed by atoms with Crippen LogP contribution in [0.3, 0.4) is 0 Å². The Hall–Kier alpha value is -0.570. The molecule has 2 nitrogen and oxygen atoms in total. The molecular weight excluding hydrogens is 316 g/mol. The van der Waals surface area contributed by atoms with Crippen molar-refractivity contribution in [3.05, 3.63) is 22.7 Å². The SMILES string of the molecule is C=C1C(=O)O[C@@H](CC[C@H]2/C(=C/Br)CCCC2(C)C)[C@@H]1C. The van der Waals surface area contributed by atoms with Crippen molar-refractivity contribution in [2.24, 2.45) is 17.3 Å². The van der Waals surface area contributed by atoms with Crippen LogP contribution in [0.25, 0.3) is 0 Å². The Kier molecular flexibility index (Phi) is 4.78. The standard InChI is InChI=1S/C17H25BrO2/c1-11-12(2)16(19)20-15(11)8-7-14-13(10-18)6-5-9-17(14,3)4/h10-11,14-15H,2,5-9H2,1,3-4H3/b13-10+/t11-,14+,15+/m1/s1. The average molecular weight is 341 g/mol. The Labute approximate surface area is 130 Å². The second-order valence-electron chi connectivity index (χ2n) is 6.91. The van der Waals surface area contributed by atoms with Crippen molar-refractivity contribution in [2.45, 2.75) is 59.0 Å². The number of rotatable bonds is 3. The fourth-order valence-electron chi connectivity index (χ4n) is 3.67. The van der Waals surface area contributed by atoms with Crippen molar-refractivity contribution in [1.29, 1.82) is 0 Å². The molecule has 2 fully saturated rings. The van der Waals surface area contributed by atoms with Crippen LogP contribution in [0.2, 0.25) is 0 Å². The summed E-state index contributed by atoms with van der Waals surface area (Å²) in [5.41, 5.74) is 2.48. The van der Waals surface area contributed by atoms with Gasteiger partial charge in [0, 0.05) is 11.5 Å². The molecule has 0 N–H and O–H groups in total. The van der Waals surface area contributed by atoms with E-state index in [0.717, 1.165) is 12.8 Å². The van der Waals surface area contributed by atoms with Gasteiger partial charge in [0.15, 0.2) is 0 Å². The summed E-state index contributed by atoms with van der Waals surface area (Å²) in [7, 11) is 0. The molecule has 1 aliphatic carbocycles. The van der Waals surface area contributed by atoms with Crippen molar-refractivity contribution in [1.82, 2.24) is 0 Å². The van der Waals surface area contributed by atoms with E-state index in [4.69, 9.17) is 4.74 Å². The number of cyclic esters (lactones) is 1. The Morgan fingerprint density at radius 3 is 2.70 bits per heavy atom. The molecular formula is C17H25BrO2. The molecule has 112 valence electrons. The van der Waals surface area contributed by atoms with Gasteiger partial charge in [0.2, 0.25) is 0 Å². The summed E-state index contributed by atoms with van der Waals surface area (Å²) in [5.74, 6) is 0.530. The molecule has 2 rings (SSSR count). The zero-order valence-electron chi connectivity index (χ0n) is 12.7. The maximum Gasteiger partial charge on any atom is 0.334 e. The second-order valence-corrected chi connectivity index (χ2v) is 7.37. The van der Waals surface area contributed by atoms with Gasteiger partial charge in [-0.15, -0.1) is 0 Å². The van der Waals surface area contributed by atoms with E-state index in [9.17, 15) is 4.79 Å². The first-order valence-electron chi connectivity index (χ1n) is 7.55. The fourth-order valence-corrected chi connectivity index (χ4v) is 4.22. The summed E-state index contributed by atoms with van der Waals surface area (Å²) in [6.45, 7) is 10.6. The highest BCUT2D eigenvalue weighted by atomic mass is 79.9. The molecule has 0 radical (unpaired) electrons. The van der Waals surface area contributed by atoms with Crippen LogP contribution >= 0.6 is 15.9 Å². The van der Waals surface area contributed by atoms with E-state index in [1.807, 2.05) is 6.92 Å². The molecule has 0 aromatic heterocycles. The van der Waals surface area contributed by atoms with Crippen LogP contribution < -0.4 is 0 Å². The van der Waals surface area contributed by atoms with Crippen molar-refractivity contribution in [2.75, 3.05) is 0 Å². The molecule has 3 atom stereocenters. The molecule has 0 aromatic carbocycles. The van der Waals surface area contributed by atoms with E-state index in [0.29, 0.717) is 16.9 Å². The fraction of sp³-hybridized carbons (Fsp3) is 0.706. The number of ether oxygens (including phenoxy) is 1. The third-order valence-electron chi connectivity index (χ3n) is 5.19. The predicted molar refractivity (Wildman–Crippen MR) is 85.6 cm³/mol. The third-order valence-corrected chi connectivity index (χ3v) is 5.77. The van der Waals surface area contributed by atoms with Gasteiger partial charge in [-0.05, 0) is 48.4 Å². The maximum atomic E-state index is 11.6. The lowest BCUT2D eigenvalue weighted by molar-refractivity contribution is -0.139. The van der Waals surface area contributed by atoms with Crippen LogP contribution in [0.1, 0.15) is 52.9 Å². The number of halogens is 1. The average Bonchev–Trinajstić information content (AvgIpc) is 2.64. The summed E-state index contributed by atoms with van der Waals surface area (Å²) >= 11 is 3.53. The van der Waals surface area contributed by atoms with Gasteiger partial charge in [-0.3, -0.25) is 0 Å². The number of carbonyl (C=O) groups excluding carboxylic acids is 1. The van der Waals surface area contributed by atoms with Gasteiger partial charge in [-0.25, -0.2) is 4.79 Å². The predicted octanol–water partition coefficient (Wildman–Crippen LogP) is 4.99. The van der Waals surface area contributed by atoms with E-state index >= 15 is 0 Å². The van der Waals surface area contributed by atoms with Gasteiger partial charge < -0.3 is 4.74 Å². The van der Waals surface area contributed by atoms with Crippen LogP contribution in [0.4, 0.5) is 0 Å². The quantitative estimate of drug-likeness (QED) is 0.534. The Balaban J connectivity index is 2.01. The molecule has 3 heteroatoms. The zero-order chi connectivity index (χ0) is 14.9. The molecule has 0 unspecified atom stereocenters. The first kappa shape index (κ1) is 15.8. The van der Waals surface area contributed by atoms with E-state index in [-0.39, 0.29) is 18.0 Å². The van der Waals surface area contributed by atoms with Crippen LogP contribution in [-0.2, 0) is 9.53 Å². The summed E-state index contributed by atoms with van der Waals surface area (Å²) in [6.07, 6.45) is 5.77. The molecule has 2 aliphatic rings. The van der Waals surface area contributed by atoms with Crippen LogP contribution in [0.15, 0.2) is 22.7 Å². The second kappa shape index (κ2) is 6.05. The summed E-state index contributed by atoms with van der Waals surface area (Å²) in [4.78, 5) is 13.7. The number of allylic oxidation sites excluding steroid dienone is 1. The molecule has 1 saturated carbocycles. The van der Waals surface area contributed by atoms with E-state index in [1.165, 1.54) is 24.8 Å². The highest BCUT2D eigenvalue weighted by Crippen LogP contribution is 2.47. The molecule has 20 heavy (non-hydrogen) atoms. The normalized spacial score (nSPS) is 35.4. The summed E-state index contributed by atoms with van der Waals surface area (Å²) in [5, 5.41) is 0. The monoisotopic (exact) mass is 340 g/mol. The smallest absolute Gasteiger partial charge is 0.334 e. The van der Waals surface area contributed by atoms with Crippen LogP contribution in [0, 0.1) is 17.3 Å². The van der Waals surface area contributed by atoms with Crippen LogP contribution in [0.5, 0.6) is 0 Å². The van der Waals surface area contributed by atoms with E-state index in [1.54, 1.807) is 0 Å². The van der Waals surface area contributed by atoms with Crippen LogP contribution in [-0.4, -0.2) is 12.1 Å². The molecule has 0 bridgehead atoms. The Bertz CT molecular complexity index is 436. The topological polar surface area (TPSA) is 26.3 Å². The van der Waals surface area contributed by atoms with Crippen molar-refractivity contribution in [3.63, 3.8) is 0 Å². The first-order chi connectivity index (χ1) is 9.36. The lowest BCUT2D eigenvalue weighted by Crippen LogP contribution is -2.31. The minimum atomic E-state index is -0.207. The molecule has 1 heterocycles. The lowest BCUT2D eigenvalue weighted by atomic mass is 9.65. The van der Waals surface area contributed by atoms with Gasteiger partial charge in [0.1, 0.15) is 6.10 Å². The van der Waals surface area contributed by atoms with Gasteiger partial charge in [0.05, 0.1) is 0 Å². The number of hydrogen-bond donors (Lipinski definition) is 0. The van der Waals surface area contributed by atoms with Gasteiger partial charge in [-0.1, -0.05) is 48.9 Å². The largest absolute Gasteiger partial charge is 0.458 e. The number of carbonyl (C=O) groups is 1. The third kappa shape index (κ3) is 3.03. The van der Waals surface area contributed by atoms with Crippen molar-refractivity contribution in [3.8, 4) is 0 Å². The minimum Gasteiger partial charge on any atom is -0.458 e. The Morgan fingerprint density at radius 1 is 1.45 bits per heavy atom. The highest BCUT2D eigenvalue weighted by molar-refractivity contribution is 9.11. The molecule has 0 amide bonds. The highest BCUT2D eigenvalue weighted by Gasteiger charge is 2.39. The van der Waals surface area contributed by atoms with E-state index < -0.39 is 0 Å². The van der Waals surface area contributed by atoms with Gasteiger partial charge in [0.25, 0.3) is 0 Å². The first-order valence-corrected chi connectivity index (χ1v) is 8.47. The maximum absolute atomic E-state index is 11.6. The van der Waals surface area contributed by atoms with Gasteiger partial charge in [-0.2, -0.15) is 0 Å². The van der Waals surface area contributed by atoms with Crippen molar-refractivity contribution < 1.29 is 9.53 Å². The molecule has 1 aliphatic heterocycles. The lowest BCUT2D eigenvalue weighted by Gasteiger charge is -2.41. The van der Waals surface area contributed by atoms with Crippen molar-refractivity contribution >= 4 is 21.9 Å². The summed E-state index contributed by atoms with van der Waals surface area (Å²) < 4.78 is 5.44. The van der Waals surface area contributed by atoms with Gasteiger partial charge >= 0.3 is 5.97 Å². The molecule has 1 saturated heterocycles. The molecule has 0 aromatic rings. The number of esters is 1. The minimum absolute atomic E-state index is 0.0179. The molecule has 0 spiro atoms. The van der Waals surface area contributed by atoms with E-state index in [2.05, 4.69) is 41.3 Å². The number of hydrogen-bond acceptors (Lipinski definition) is 2. The summed E-state index contributed by atoms with van der Waals surface area (Å²) in [6, 6.07) is 0. The Morgan fingerprint density at radius 2 is 2.15 bits per heavy atom. The zero-order valence-corrected chi connectivity index (χ0v) is 14.3.